The van der Waals surface area contributed by atoms with Gasteiger partial charge in [-0.25, -0.2) is 4.79 Å². The molecule has 0 aliphatic carbocycles. The van der Waals surface area contributed by atoms with E-state index in [0.29, 0.717) is 11.5 Å². The number of hydrogen-bond donors (Lipinski definition) is 2. The Labute approximate surface area is 160 Å². The standard InChI is InChI=1S/C19H21F3N2O4/c1-3-27-15-7-8-17(16(12-15)19(20,21)22)24-18(25)23-9-10-28-14-6-4-5-13(11-14)26-2/h4-8,11-12H,3,9-10H2,1-2H3,(H2,23,24,25). The Hall–Kier alpha value is -3.10. The van der Waals surface area contributed by atoms with Gasteiger partial charge in [0.25, 0.3) is 0 Å². The number of anilines is 1. The van der Waals surface area contributed by atoms with Gasteiger partial charge >= 0.3 is 12.2 Å². The number of carbonyl (C=O) groups excluding carboxylic acids is 1. The van der Waals surface area contributed by atoms with Crippen LogP contribution in [-0.4, -0.2) is 32.9 Å². The summed E-state index contributed by atoms with van der Waals surface area (Å²) in [4.78, 5) is 11.9. The minimum atomic E-state index is -4.63. The third-order valence-electron chi connectivity index (χ3n) is 3.55. The maximum absolute atomic E-state index is 13.2. The molecule has 0 fully saturated rings. The van der Waals surface area contributed by atoms with Gasteiger partial charge in [-0.3, -0.25) is 0 Å². The molecule has 0 aliphatic heterocycles. The van der Waals surface area contributed by atoms with Crippen LogP contribution in [0.25, 0.3) is 0 Å². The van der Waals surface area contributed by atoms with E-state index in [-0.39, 0.29) is 31.2 Å². The highest BCUT2D eigenvalue weighted by molar-refractivity contribution is 5.90. The van der Waals surface area contributed by atoms with Gasteiger partial charge in [0.15, 0.2) is 0 Å². The molecule has 2 rings (SSSR count). The van der Waals surface area contributed by atoms with E-state index < -0.39 is 17.8 Å². The van der Waals surface area contributed by atoms with Crippen LogP contribution in [0.15, 0.2) is 42.5 Å². The van der Waals surface area contributed by atoms with Gasteiger partial charge in [0.05, 0.1) is 31.5 Å². The second-order valence-electron chi connectivity index (χ2n) is 5.55. The Morgan fingerprint density at radius 2 is 1.75 bits per heavy atom. The Kier molecular flexibility index (Phi) is 7.36. The topological polar surface area (TPSA) is 68.8 Å². The van der Waals surface area contributed by atoms with E-state index >= 15 is 0 Å². The lowest BCUT2D eigenvalue weighted by atomic mass is 10.1. The number of methoxy groups -OCH3 is 1. The summed E-state index contributed by atoms with van der Waals surface area (Å²) in [5.41, 5.74) is -1.34. The summed E-state index contributed by atoms with van der Waals surface area (Å²) in [6, 6.07) is 9.50. The molecule has 0 bridgehead atoms. The van der Waals surface area contributed by atoms with E-state index in [9.17, 15) is 18.0 Å². The third-order valence-corrected chi connectivity index (χ3v) is 3.55. The zero-order valence-electron chi connectivity index (χ0n) is 15.4. The third kappa shape index (κ3) is 6.26. The van der Waals surface area contributed by atoms with E-state index in [0.717, 1.165) is 12.1 Å². The van der Waals surface area contributed by atoms with E-state index in [4.69, 9.17) is 14.2 Å². The highest BCUT2D eigenvalue weighted by Crippen LogP contribution is 2.37. The number of amides is 2. The smallest absolute Gasteiger partial charge is 0.418 e. The molecule has 2 N–H and O–H groups in total. The summed E-state index contributed by atoms with van der Waals surface area (Å²) < 4.78 is 55.3. The van der Waals surface area contributed by atoms with Crippen molar-refractivity contribution in [2.24, 2.45) is 0 Å². The number of nitrogens with one attached hydrogen (secondary N) is 2. The van der Waals surface area contributed by atoms with E-state index in [1.807, 2.05) is 0 Å². The van der Waals surface area contributed by atoms with Gasteiger partial charge in [0.2, 0.25) is 0 Å². The van der Waals surface area contributed by atoms with Gasteiger partial charge in [0, 0.05) is 6.07 Å². The van der Waals surface area contributed by atoms with Crippen molar-refractivity contribution in [3.8, 4) is 17.2 Å². The molecule has 0 spiro atoms. The predicted octanol–water partition coefficient (Wildman–Crippen LogP) is 4.31. The second kappa shape index (κ2) is 9.72. The van der Waals surface area contributed by atoms with Crippen molar-refractivity contribution >= 4 is 11.7 Å². The number of ether oxygens (including phenoxy) is 3. The Bertz CT molecular complexity index is 797. The maximum Gasteiger partial charge on any atom is 0.418 e. The van der Waals surface area contributed by atoms with Crippen molar-refractivity contribution in [2.75, 3.05) is 32.2 Å². The molecule has 0 radical (unpaired) electrons. The Balaban J connectivity index is 1.90. The molecular weight excluding hydrogens is 377 g/mol. The number of carbonyl (C=O) groups is 1. The van der Waals surface area contributed by atoms with Crippen LogP contribution in [-0.2, 0) is 6.18 Å². The molecule has 0 atom stereocenters. The van der Waals surface area contributed by atoms with Crippen molar-refractivity contribution in [1.29, 1.82) is 0 Å². The highest BCUT2D eigenvalue weighted by atomic mass is 19.4. The quantitative estimate of drug-likeness (QED) is 0.650. The molecule has 0 saturated heterocycles. The van der Waals surface area contributed by atoms with Crippen LogP contribution in [0.4, 0.5) is 23.7 Å². The highest BCUT2D eigenvalue weighted by Gasteiger charge is 2.34. The number of alkyl halides is 3. The molecule has 28 heavy (non-hydrogen) atoms. The fraction of sp³-hybridized carbons (Fsp3) is 0.316. The fourth-order valence-corrected chi connectivity index (χ4v) is 2.31. The molecule has 2 aromatic rings. The average molecular weight is 398 g/mol. The first-order chi connectivity index (χ1) is 13.3. The molecule has 6 nitrogen and oxygen atoms in total. The predicted molar refractivity (Wildman–Crippen MR) is 98.1 cm³/mol. The number of benzene rings is 2. The monoisotopic (exact) mass is 398 g/mol. The van der Waals surface area contributed by atoms with Crippen LogP contribution in [0.2, 0.25) is 0 Å². The first-order valence-corrected chi connectivity index (χ1v) is 8.49. The van der Waals surface area contributed by atoms with Crippen molar-refractivity contribution < 1.29 is 32.2 Å². The second-order valence-corrected chi connectivity index (χ2v) is 5.55. The molecular formula is C19H21F3N2O4. The minimum Gasteiger partial charge on any atom is -0.497 e. The largest absolute Gasteiger partial charge is 0.497 e. The molecule has 0 unspecified atom stereocenters. The van der Waals surface area contributed by atoms with E-state index in [1.54, 1.807) is 31.2 Å². The van der Waals surface area contributed by atoms with Crippen molar-refractivity contribution in [1.82, 2.24) is 5.32 Å². The molecule has 0 aromatic heterocycles. The van der Waals surface area contributed by atoms with Crippen molar-refractivity contribution in [3.05, 3.63) is 48.0 Å². The van der Waals surface area contributed by atoms with Crippen molar-refractivity contribution in [2.45, 2.75) is 13.1 Å². The first-order valence-electron chi connectivity index (χ1n) is 8.49. The van der Waals surface area contributed by atoms with Crippen LogP contribution >= 0.6 is 0 Å². The van der Waals surface area contributed by atoms with Crippen LogP contribution in [0.3, 0.4) is 0 Å². The molecule has 0 saturated carbocycles. The van der Waals surface area contributed by atoms with E-state index in [1.165, 1.54) is 13.2 Å². The summed E-state index contributed by atoms with van der Waals surface area (Å²) >= 11 is 0. The van der Waals surface area contributed by atoms with Crippen LogP contribution in [0.5, 0.6) is 17.2 Å². The molecule has 2 aromatic carbocycles. The molecule has 0 aliphatic rings. The number of rotatable bonds is 8. The minimum absolute atomic E-state index is 0.0764. The molecule has 9 heteroatoms. The van der Waals surface area contributed by atoms with Gasteiger partial charge in [-0.05, 0) is 37.3 Å². The summed E-state index contributed by atoms with van der Waals surface area (Å²) in [6.45, 7) is 2.13. The van der Waals surface area contributed by atoms with Gasteiger partial charge in [-0.2, -0.15) is 13.2 Å². The number of urea groups is 1. The number of hydrogen-bond acceptors (Lipinski definition) is 4. The summed E-state index contributed by atoms with van der Waals surface area (Å²) in [5, 5.41) is 4.65. The lowest BCUT2D eigenvalue weighted by Gasteiger charge is -2.16. The normalized spacial score (nSPS) is 10.9. The van der Waals surface area contributed by atoms with Gasteiger partial charge in [-0.15, -0.1) is 0 Å². The SMILES string of the molecule is CCOc1ccc(NC(=O)NCCOc2cccc(OC)c2)c(C(F)(F)F)c1. The van der Waals surface area contributed by atoms with Crippen LogP contribution in [0.1, 0.15) is 12.5 Å². The summed E-state index contributed by atoms with van der Waals surface area (Å²) in [6.07, 6.45) is -4.63. The lowest BCUT2D eigenvalue weighted by Crippen LogP contribution is -2.32. The summed E-state index contributed by atoms with van der Waals surface area (Å²) in [7, 11) is 1.53. The van der Waals surface area contributed by atoms with E-state index in [2.05, 4.69) is 10.6 Å². The zero-order chi connectivity index (χ0) is 20.6. The molecule has 152 valence electrons. The maximum atomic E-state index is 13.2. The molecule has 2 amide bonds. The Morgan fingerprint density at radius 3 is 2.43 bits per heavy atom. The lowest BCUT2D eigenvalue weighted by molar-refractivity contribution is -0.137. The van der Waals surface area contributed by atoms with Gasteiger partial charge in [0.1, 0.15) is 23.9 Å². The average Bonchev–Trinajstić information content (AvgIpc) is 2.66. The van der Waals surface area contributed by atoms with Crippen LogP contribution < -0.4 is 24.8 Å². The van der Waals surface area contributed by atoms with Gasteiger partial charge in [-0.1, -0.05) is 6.07 Å². The fourth-order valence-electron chi connectivity index (χ4n) is 2.31. The van der Waals surface area contributed by atoms with Gasteiger partial charge < -0.3 is 24.8 Å². The summed E-state index contributed by atoms with van der Waals surface area (Å²) in [5.74, 6) is 1.25. The van der Waals surface area contributed by atoms with Crippen molar-refractivity contribution in [3.63, 3.8) is 0 Å². The van der Waals surface area contributed by atoms with Crippen LogP contribution in [0, 0.1) is 0 Å². The number of halogens is 3. The zero-order valence-corrected chi connectivity index (χ0v) is 15.4. The first kappa shape index (κ1) is 21.2. The molecule has 0 heterocycles. The Morgan fingerprint density at radius 1 is 1.04 bits per heavy atom.